The van der Waals surface area contributed by atoms with E-state index >= 15 is 0 Å². The van der Waals surface area contributed by atoms with Gasteiger partial charge in [-0.1, -0.05) is 39.0 Å². The standard InChI is InChI=1S/C17H26N2O2S2/c1-3-13-11-14(16(20)21-2)15(23-13)19-17(22)18-12-9-7-5-4-6-8-10-12/h11-12H,3-10H2,1-2H3,(H2,18,19,22). The number of ether oxygens (including phenoxy) is 1. The Kier molecular flexibility index (Phi) is 7.30. The van der Waals surface area contributed by atoms with Crippen LogP contribution in [-0.2, 0) is 11.2 Å². The number of anilines is 1. The minimum atomic E-state index is -0.322. The zero-order valence-corrected chi connectivity index (χ0v) is 15.6. The molecular weight excluding hydrogens is 328 g/mol. The highest BCUT2D eigenvalue weighted by Crippen LogP contribution is 2.29. The van der Waals surface area contributed by atoms with Gasteiger partial charge in [0.25, 0.3) is 0 Å². The van der Waals surface area contributed by atoms with E-state index in [0.717, 1.165) is 29.1 Å². The van der Waals surface area contributed by atoms with Gasteiger partial charge in [0.2, 0.25) is 0 Å². The Morgan fingerprint density at radius 1 is 1.30 bits per heavy atom. The maximum absolute atomic E-state index is 11.9. The van der Waals surface area contributed by atoms with Crippen molar-refractivity contribution in [2.75, 3.05) is 12.4 Å². The number of nitrogens with one attached hydrogen (secondary N) is 2. The molecule has 1 saturated carbocycles. The molecule has 2 N–H and O–H groups in total. The summed E-state index contributed by atoms with van der Waals surface area (Å²) in [6, 6.07) is 2.32. The van der Waals surface area contributed by atoms with E-state index in [9.17, 15) is 4.79 Å². The summed E-state index contributed by atoms with van der Waals surface area (Å²) in [6.45, 7) is 2.07. The minimum Gasteiger partial charge on any atom is -0.465 e. The van der Waals surface area contributed by atoms with E-state index in [1.54, 1.807) is 11.3 Å². The van der Waals surface area contributed by atoms with Crippen LogP contribution in [0.2, 0.25) is 0 Å². The van der Waals surface area contributed by atoms with E-state index < -0.39 is 0 Å². The molecule has 6 heteroatoms. The van der Waals surface area contributed by atoms with Crippen molar-refractivity contribution in [1.29, 1.82) is 0 Å². The van der Waals surface area contributed by atoms with Crippen LogP contribution >= 0.6 is 23.6 Å². The number of rotatable bonds is 4. The summed E-state index contributed by atoms with van der Waals surface area (Å²) in [6.07, 6.45) is 9.71. The highest BCUT2D eigenvalue weighted by Gasteiger charge is 2.18. The molecule has 23 heavy (non-hydrogen) atoms. The fourth-order valence-corrected chi connectivity index (χ4v) is 4.22. The minimum absolute atomic E-state index is 0.322. The van der Waals surface area contributed by atoms with Crippen LogP contribution in [0.1, 0.15) is 67.1 Å². The average Bonchev–Trinajstić information content (AvgIpc) is 2.92. The second-order valence-corrected chi connectivity index (χ2v) is 7.49. The van der Waals surface area contributed by atoms with Crippen LogP contribution in [0.25, 0.3) is 0 Å². The fourth-order valence-electron chi connectivity index (χ4n) is 2.90. The summed E-state index contributed by atoms with van der Waals surface area (Å²) < 4.78 is 4.86. The van der Waals surface area contributed by atoms with Crippen LogP contribution in [0, 0.1) is 0 Å². The van der Waals surface area contributed by atoms with Crippen molar-refractivity contribution in [1.82, 2.24) is 5.32 Å². The second kappa shape index (κ2) is 9.23. The molecule has 2 rings (SSSR count). The van der Waals surface area contributed by atoms with Gasteiger partial charge in [-0.25, -0.2) is 4.79 Å². The molecule has 1 fully saturated rings. The molecule has 1 aromatic rings. The van der Waals surface area contributed by atoms with Gasteiger partial charge in [-0.05, 0) is 37.5 Å². The third-order valence-corrected chi connectivity index (χ3v) is 5.62. The number of hydrogen-bond donors (Lipinski definition) is 2. The topological polar surface area (TPSA) is 50.4 Å². The first-order valence-corrected chi connectivity index (χ1v) is 9.65. The molecule has 0 unspecified atom stereocenters. The molecule has 1 aliphatic rings. The van der Waals surface area contributed by atoms with E-state index in [-0.39, 0.29) is 5.97 Å². The summed E-state index contributed by atoms with van der Waals surface area (Å²) in [5, 5.41) is 8.00. The molecule has 1 aliphatic carbocycles. The molecule has 0 saturated heterocycles. The molecule has 0 radical (unpaired) electrons. The van der Waals surface area contributed by atoms with Gasteiger partial charge in [0.15, 0.2) is 5.11 Å². The van der Waals surface area contributed by atoms with Crippen molar-refractivity contribution in [3.8, 4) is 0 Å². The highest BCUT2D eigenvalue weighted by molar-refractivity contribution is 7.80. The monoisotopic (exact) mass is 354 g/mol. The van der Waals surface area contributed by atoms with Crippen LogP contribution in [0.5, 0.6) is 0 Å². The molecule has 0 amide bonds. The third-order valence-electron chi connectivity index (χ3n) is 4.20. The Morgan fingerprint density at radius 2 is 1.96 bits per heavy atom. The van der Waals surface area contributed by atoms with Gasteiger partial charge in [-0.15, -0.1) is 11.3 Å². The summed E-state index contributed by atoms with van der Waals surface area (Å²) in [5.41, 5.74) is 0.566. The van der Waals surface area contributed by atoms with E-state index in [1.165, 1.54) is 39.2 Å². The van der Waals surface area contributed by atoms with E-state index in [2.05, 4.69) is 17.6 Å². The van der Waals surface area contributed by atoms with Crippen molar-refractivity contribution in [3.63, 3.8) is 0 Å². The molecule has 0 aromatic carbocycles. The number of thiophene rings is 1. The first-order chi connectivity index (χ1) is 11.1. The van der Waals surface area contributed by atoms with Gasteiger partial charge in [0.1, 0.15) is 5.00 Å². The normalized spacial score (nSPS) is 16.3. The van der Waals surface area contributed by atoms with Gasteiger partial charge < -0.3 is 15.4 Å². The zero-order valence-electron chi connectivity index (χ0n) is 13.9. The van der Waals surface area contributed by atoms with E-state index in [4.69, 9.17) is 17.0 Å². The Morgan fingerprint density at radius 3 is 2.57 bits per heavy atom. The number of carbonyl (C=O) groups excluding carboxylic acids is 1. The van der Waals surface area contributed by atoms with Gasteiger partial charge in [0.05, 0.1) is 12.7 Å². The Hall–Kier alpha value is -1.14. The maximum Gasteiger partial charge on any atom is 0.340 e. The molecule has 1 heterocycles. The number of hydrogen-bond acceptors (Lipinski definition) is 4. The predicted octanol–water partition coefficient (Wildman–Crippen LogP) is 4.50. The van der Waals surface area contributed by atoms with Gasteiger partial charge in [-0.3, -0.25) is 0 Å². The largest absolute Gasteiger partial charge is 0.465 e. The lowest BCUT2D eigenvalue weighted by Crippen LogP contribution is -2.38. The SMILES string of the molecule is CCc1cc(C(=O)OC)c(NC(=S)NC2CCCCCCC2)s1. The van der Waals surface area contributed by atoms with Crippen molar-refractivity contribution >= 4 is 39.6 Å². The van der Waals surface area contributed by atoms with Crippen LogP contribution in [0.3, 0.4) is 0 Å². The highest BCUT2D eigenvalue weighted by atomic mass is 32.1. The number of esters is 1. The lowest BCUT2D eigenvalue weighted by molar-refractivity contribution is 0.0602. The number of methoxy groups -OCH3 is 1. The molecule has 128 valence electrons. The summed E-state index contributed by atoms with van der Waals surface area (Å²) >= 11 is 7.02. The number of carbonyl (C=O) groups is 1. The van der Waals surface area contributed by atoms with Crippen LogP contribution < -0.4 is 10.6 Å². The summed E-state index contributed by atoms with van der Waals surface area (Å²) in [7, 11) is 1.40. The Balaban J connectivity index is 1.98. The first kappa shape index (κ1) is 18.2. The molecule has 0 spiro atoms. The zero-order chi connectivity index (χ0) is 16.7. The quantitative estimate of drug-likeness (QED) is 0.616. The summed E-state index contributed by atoms with van der Waals surface area (Å²) in [5.74, 6) is -0.322. The third kappa shape index (κ3) is 5.46. The molecule has 4 nitrogen and oxygen atoms in total. The lowest BCUT2D eigenvalue weighted by Gasteiger charge is -2.22. The number of aryl methyl sites for hydroxylation is 1. The van der Waals surface area contributed by atoms with Crippen LogP contribution in [0.15, 0.2) is 6.07 Å². The van der Waals surface area contributed by atoms with Crippen LogP contribution in [0.4, 0.5) is 5.00 Å². The average molecular weight is 355 g/mol. The fraction of sp³-hybridized carbons (Fsp3) is 0.647. The first-order valence-electron chi connectivity index (χ1n) is 8.42. The molecule has 0 aliphatic heterocycles. The molecule has 0 bridgehead atoms. The molecule has 1 aromatic heterocycles. The molecular formula is C17H26N2O2S2. The Bertz CT molecular complexity index is 535. The maximum atomic E-state index is 11.9. The number of thiocarbonyl (C=S) groups is 1. The van der Waals surface area contributed by atoms with Crippen molar-refractivity contribution in [2.45, 2.75) is 64.3 Å². The van der Waals surface area contributed by atoms with E-state index in [1.807, 2.05) is 6.07 Å². The lowest BCUT2D eigenvalue weighted by atomic mass is 9.97. The molecule has 0 atom stereocenters. The van der Waals surface area contributed by atoms with Gasteiger partial charge in [-0.2, -0.15) is 0 Å². The van der Waals surface area contributed by atoms with E-state index in [0.29, 0.717) is 16.7 Å². The Labute approximate surface area is 148 Å². The van der Waals surface area contributed by atoms with Gasteiger partial charge >= 0.3 is 5.97 Å². The predicted molar refractivity (Wildman–Crippen MR) is 100 cm³/mol. The van der Waals surface area contributed by atoms with Crippen molar-refractivity contribution < 1.29 is 9.53 Å². The van der Waals surface area contributed by atoms with Crippen molar-refractivity contribution in [3.05, 3.63) is 16.5 Å². The van der Waals surface area contributed by atoms with Crippen LogP contribution in [-0.4, -0.2) is 24.2 Å². The van der Waals surface area contributed by atoms with Gasteiger partial charge in [0, 0.05) is 10.9 Å². The summed E-state index contributed by atoms with van der Waals surface area (Å²) in [4.78, 5) is 13.0. The van der Waals surface area contributed by atoms with Crippen molar-refractivity contribution in [2.24, 2.45) is 0 Å². The second-order valence-electron chi connectivity index (χ2n) is 5.94. The smallest absolute Gasteiger partial charge is 0.340 e.